The summed E-state index contributed by atoms with van der Waals surface area (Å²) in [5, 5.41) is 12.6. The van der Waals surface area contributed by atoms with Gasteiger partial charge in [-0.3, -0.25) is 9.78 Å². The summed E-state index contributed by atoms with van der Waals surface area (Å²) >= 11 is 5.18. The summed E-state index contributed by atoms with van der Waals surface area (Å²) < 4.78 is 0. The number of thiocarbonyl (C=S) groups is 1. The molecule has 0 unspecified atom stereocenters. The lowest BCUT2D eigenvalue weighted by molar-refractivity contribution is 0.0914. The van der Waals surface area contributed by atoms with E-state index in [0.717, 1.165) is 38.5 Å². The molecule has 1 saturated carbocycles. The van der Waals surface area contributed by atoms with Crippen molar-refractivity contribution in [1.82, 2.24) is 10.3 Å². The third-order valence-electron chi connectivity index (χ3n) is 3.83. The number of nitrogens with two attached hydrogens (primary N) is 1. The molecule has 108 valence electrons. The predicted molar refractivity (Wildman–Crippen MR) is 80.6 cm³/mol. The first-order valence-corrected chi connectivity index (χ1v) is 7.21. The van der Waals surface area contributed by atoms with Gasteiger partial charge in [-0.2, -0.15) is 0 Å². The molecule has 1 amide bonds. The summed E-state index contributed by atoms with van der Waals surface area (Å²) in [6, 6.07) is 1.48. The van der Waals surface area contributed by atoms with Crippen LogP contribution in [0.4, 0.5) is 0 Å². The van der Waals surface area contributed by atoms with Gasteiger partial charge in [-0.25, -0.2) is 0 Å². The van der Waals surface area contributed by atoms with Gasteiger partial charge in [0, 0.05) is 6.20 Å². The molecule has 1 heterocycles. The van der Waals surface area contributed by atoms with Crippen molar-refractivity contribution < 1.29 is 9.90 Å². The van der Waals surface area contributed by atoms with E-state index in [1.165, 1.54) is 18.5 Å². The molecule has 0 atom stereocenters. The third kappa shape index (κ3) is 3.07. The average Bonchev–Trinajstić information content (AvgIpc) is 2.65. The first-order chi connectivity index (χ1) is 9.55. The highest BCUT2D eigenvalue weighted by Crippen LogP contribution is 2.28. The van der Waals surface area contributed by atoms with E-state index in [1.807, 2.05) is 0 Å². The van der Waals surface area contributed by atoms with Crippen molar-refractivity contribution in [2.45, 2.75) is 44.1 Å². The van der Waals surface area contributed by atoms with E-state index >= 15 is 0 Å². The Labute approximate surface area is 123 Å². The molecule has 20 heavy (non-hydrogen) atoms. The fraction of sp³-hybridized carbons (Fsp3) is 0.500. The molecule has 2 rings (SSSR count). The lowest BCUT2D eigenvalue weighted by Crippen LogP contribution is -2.56. The zero-order valence-corrected chi connectivity index (χ0v) is 12.1. The van der Waals surface area contributed by atoms with Gasteiger partial charge in [0.2, 0.25) is 0 Å². The summed E-state index contributed by atoms with van der Waals surface area (Å²) in [5.74, 6) is -0.503. The molecule has 1 aromatic rings. The van der Waals surface area contributed by atoms with Gasteiger partial charge in [0.15, 0.2) is 0 Å². The van der Waals surface area contributed by atoms with Crippen LogP contribution in [0.5, 0.6) is 5.75 Å². The van der Waals surface area contributed by atoms with Crippen molar-refractivity contribution >= 4 is 23.1 Å². The van der Waals surface area contributed by atoms with Crippen LogP contribution in [0.2, 0.25) is 0 Å². The molecule has 0 aliphatic heterocycles. The number of aromatic hydroxyl groups is 1. The lowest BCUT2D eigenvalue weighted by atomic mass is 9.89. The van der Waals surface area contributed by atoms with E-state index in [1.54, 1.807) is 0 Å². The van der Waals surface area contributed by atoms with Crippen LogP contribution in [0.3, 0.4) is 0 Å². The lowest BCUT2D eigenvalue weighted by Gasteiger charge is -2.33. The summed E-state index contributed by atoms with van der Waals surface area (Å²) in [7, 11) is 0. The maximum atomic E-state index is 12.3. The number of rotatable bonds is 3. The van der Waals surface area contributed by atoms with E-state index in [9.17, 15) is 9.90 Å². The maximum absolute atomic E-state index is 12.3. The van der Waals surface area contributed by atoms with E-state index in [4.69, 9.17) is 18.0 Å². The highest BCUT2D eigenvalue weighted by molar-refractivity contribution is 7.80. The number of nitrogens with zero attached hydrogens (tertiary/aromatic N) is 1. The molecule has 1 aliphatic rings. The first-order valence-electron chi connectivity index (χ1n) is 6.80. The third-order valence-corrected chi connectivity index (χ3v) is 4.22. The highest BCUT2D eigenvalue weighted by atomic mass is 32.1. The van der Waals surface area contributed by atoms with Gasteiger partial charge in [-0.05, 0) is 18.9 Å². The van der Waals surface area contributed by atoms with Crippen LogP contribution in [0.15, 0.2) is 18.5 Å². The Kier molecular flexibility index (Phi) is 4.54. The van der Waals surface area contributed by atoms with Gasteiger partial charge in [-0.1, -0.05) is 37.9 Å². The molecule has 1 fully saturated rings. The number of carbonyl (C=O) groups excluding carboxylic acids is 1. The van der Waals surface area contributed by atoms with Crippen molar-refractivity contribution in [3.05, 3.63) is 24.0 Å². The number of amides is 1. The number of carbonyl (C=O) groups is 1. The minimum absolute atomic E-state index is 0.142. The van der Waals surface area contributed by atoms with Gasteiger partial charge in [0.1, 0.15) is 5.75 Å². The standard InChI is InChI=1S/C14H19N3O2S/c15-13(20)14(6-3-1-2-4-7-14)17-12(19)10-5-8-16-9-11(10)18/h5,8-9,18H,1-4,6-7H2,(H2,15,20)(H,17,19). The van der Waals surface area contributed by atoms with Gasteiger partial charge >= 0.3 is 0 Å². The smallest absolute Gasteiger partial charge is 0.255 e. The molecular weight excluding hydrogens is 274 g/mol. The number of hydrogen-bond donors (Lipinski definition) is 3. The van der Waals surface area contributed by atoms with E-state index in [0.29, 0.717) is 4.99 Å². The topological polar surface area (TPSA) is 88.2 Å². The van der Waals surface area contributed by atoms with Crippen LogP contribution >= 0.6 is 12.2 Å². The molecule has 0 spiro atoms. The van der Waals surface area contributed by atoms with Crippen LogP contribution in [0, 0.1) is 0 Å². The zero-order chi connectivity index (χ0) is 14.6. The molecule has 1 aliphatic carbocycles. The molecule has 0 saturated heterocycles. The summed E-state index contributed by atoms with van der Waals surface area (Å²) in [4.78, 5) is 16.4. The minimum atomic E-state index is -0.640. The van der Waals surface area contributed by atoms with Gasteiger partial charge < -0.3 is 16.2 Å². The Morgan fingerprint density at radius 2 is 2.00 bits per heavy atom. The summed E-state index contributed by atoms with van der Waals surface area (Å²) in [5.41, 5.74) is 5.43. The molecule has 1 aromatic heterocycles. The fourth-order valence-electron chi connectivity index (χ4n) is 2.63. The van der Waals surface area contributed by atoms with Crippen molar-refractivity contribution in [2.75, 3.05) is 0 Å². The normalized spacial score (nSPS) is 18.0. The van der Waals surface area contributed by atoms with Crippen molar-refractivity contribution in [3.8, 4) is 5.75 Å². The fourth-order valence-corrected chi connectivity index (χ4v) is 2.88. The Bertz CT molecular complexity index is 511. The zero-order valence-electron chi connectivity index (χ0n) is 11.3. The molecule has 0 radical (unpaired) electrons. The number of pyridine rings is 1. The molecular formula is C14H19N3O2S. The average molecular weight is 293 g/mol. The van der Waals surface area contributed by atoms with E-state index in [-0.39, 0.29) is 17.2 Å². The van der Waals surface area contributed by atoms with Gasteiger partial charge in [0.25, 0.3) is 5.91 Å². The molecule has 5 nitrogen and oxygen atoms in total. The first kappa shape index (κ1) is 14.7. The van der Waals surface area contributed by atoms with Gasteiger partial charge in [-0.15, -0.1) is 0 Å². The molecule has 6 heteroatoms. The van der Waals surface area contributed by atoms with E-state index < -0.39 is 5.54 Å². The van der Waals surface area contributed by atoms with Crippen molar-refractivity contribution in [2.24, 2.45) is 5.73 Å². The second-order valence-electron chi connectivity index (χ2n) is 5.21. The van der Waals surface area contributed by atoms with Crippen LogP contribution in [0.1, 0.15) is 48.9 Å². The number of aromatic nitrogens is 1. The molecule has 0 bridgehead atoms. The second-order valence-corrected chi connectivity index (χ2v) is 5.65. The quantitative estimate of drug-likeness (QED) is 0.585. The Hall–Kier alpha value is -1.69. The SMILES string of the molecule is NC(=S)C1(NC(=O)c2ccncc2O)CCCCCC1. The summed E-state index contributed by atoms with van der Waals surface area (Å²) in [6.07, 6.45) is 8.44. The van der Waals surface area contributed by atoms with Crippen LogP contribution < -0.4 is 11.1 Å². The second kappa shape index (κ2) is 6.17. The Balaban J connectivity index is 2.22. The Morgan fingerprint density at radius 3 is 2.55 bits per heavy atom. The number of hydrogen-bond acceptors (Lipinski definition) is 4. The number of nitrogens with one attached hydrogen (secondary N) is 1. The van der Waals surface area contributed by atoms with Crippen LogP contribution in [-0.2, 0) is 0 Å². The largest absolute Gasteiger partial charge is 0.505 e. The molecule has 0 aromatic carbocycles. The van der Waals surface area contributed by atoms with Crippen molar-refractivity contribution in [3.63, 3.8) is 0 Å². The molecule has 4 N–H and O–H groups in total. The van der Waals surface area contributed by atoms with Crippen LogP contribution in [0.25, 0.3) is 0 Å². The van der Waals surface area contributed by atoms with Gasteiger partial charge in [0.05, 0.1) is 22.3 Å². The highest BCUT2D eigenvalue weighted by Gasteiger charge is 2.36. The Morgan fingerprint density at radius 1 is 1.35 bits per heavy atom. The summed E-state index contributed by atoms with van der Waals surface area (Å²) in [6.45, 7) is 0. The minimum Gasteiger partial charge on any atom is -0.505 e. The predicted octanol–water partition coefficient (Wildman–Crippen LogP) is 1.90. The van der Waals surface area contributed by atoms with Crippen LogP contribution in [-0.4, -0.2) is 26.5 Å². The monoisotopic (exact) mass is 293 g/mol. The maximum Gasteiger partial charge on any atom is 0.255 e. The van der Waals surface area contributed by atoms with Crippen molar-refractivity contribution in [1.29, 1.82) is 0 Å². The van der Waals surface area contributed by atoms with E-state index in [2.05, 4.69) is 10.3 Å².